The molecule has 0 aromatic heterocycles. The molecule has 0 unspecified atom stereocenters. The van der Waals surface area contributed by atoms with Gasteiger partial charge in [0, 0.05) is 12.0 Å². The third kappa shape index (κ3) is 8.92. The number of hydrogen-bond acceptors (Lipinski definition) is 1. The standard InChI is InChI=1S/C13H26ClN/c1-5-6-7-8-9-10-11-15-12(14)13(2,3)4/h5-11H2,1-4H3. The molecular weight excluding hydrogens is 206 g/mol. The Hall–Kier alpha value is -0.0400. The van der Waals surface area contributed by atoms with E-state index in [1.54, 1.807) is 0 Å². The fraction of sp³-hybridized carbons (Fsp3) is 0.923. The van der Waals surface area contributed by atoms with Crippen LogP contribution in [0.15, 0.2) is 4.99 Å². The van der Waals surface area contributed by atoms with Crippen LogP contribution in [0.5, 0.6) is 0 Å². The van der Waals surface area contributed by atoms with Crippen LogP contribution in [0.2, 0.25) is 0 Å². The van der Waals surface area contributed by atoms with E-state index in [2.05, 4.69) is 32.7 Å². The summed E-state index contributed by atoms with van der Waals surface area (Å²) in [7, 11) is 0. The van der Waals surface area contributed by atoms with E-state index in [0.717, 1.165) is 11.7 Å². The Labute approximate surface area is 100 Å². The molecule has 0 aliphatic carbocycles. The Kier molecular flexibility index (Phi) is 8.13. The molecule has 0 aliphatic heterocycles. The van der Waals surface area contributed by atoms with Crippen LogP contribution in [0.25, 0.3) is 0 Å². The highest BCUT2D eigenvalue weighted by molar-refractivity contribution is 6.66. The first-order valence-electron chi connectivity index (χ1n) is 6.19. The predicted octanol–water partition coefficient (Wildman–Crippen LogP) is 5.03. The van der Waals surface area contributed by atoms with E-state index in [0.29, 0.717) is 0 Å². The summed E-state index contributed by atoms with van der Waals surface area (Å²) < 4.78 is 0. The number of aliphatic imine (C=N–C) groups is 1. The van der Waals surface area contributed by atoms with Crippen molar-refractivity contribution in [2.75, 3.05) is 6.54 Å². The van der Waals surface area contributed by atoms with Gasteiger partial charge in [0.1, 0.15) is 5.17 Å². The van der Waals surface area contributed by atoms with Gasteiger partial charge in [0.15, 0.2) is 0 Å². The van der Waals surface area contributed by atoms with Crippen LogP contribution in [0.1, 0.15) is 66.2 Å². The Balaban J connectivity index is 3.45. The molecule has 2 heteroatoms. The van der Waals surface area contributed by atoms with Crippen molar-refractivity contribution in [3.63, 3.8) is 0 Å². The van der Waals surface area contributed by atoms with Crippen molar-refractivity contribution < 1.29 is 0 Å². The van der Waals surface area contributed by atoms with Crippen molar-refractivity contribution in [1.29, 1.82) is 0 Å². The average molecular weight is 232 g/mol. The van der Waals surface area contributed by atoms with Gasteiger partial charge >= 0.3 is 0 Å². The second-order valence-electron chi connectivity index (χ2n) is 5.19. The van der Waals surface area contributed by atoms with Crippen LogP contribution in [0.3, 0.4) is 0 Å². The van der Waals surface area contributed by atoms with Crippen LogP contribution < -0.4 is 0 Å². The molecule has 0 bridgehead atoms. The Morgan fingerprint density at radius 3 is 2.07 bits per heavy atom. The molecule has 0 aromatic carbocycles. The lowest BCUT2D eigenvalue weighted by molar-refractivity contribution is 0.589. The SMILES string of the molecule is CCCCCCCCN=C(Cl)C(C)(C)C. The highest BCUT2D eigenvalue weighted by Crippen LogP contribution is 2.19. The van der Waals surface area contributed by atoms with Gasteiger partial charge < -0.3 is 0 Å². The quantitative estimate of drug-likeness (QED) is 0.431. The largest absolute Gasteiger partial charge is 0.277 e. The lowest BCUT2D eigenvalue weighted by atomic mass is 9.99. The van der Waals surface area contributed by atoms with Gasteiger partial charge in [-0.15, -0.1) is 0 Å². The van der Waals surface area contributed by atoms with E-state index in [1.807, 2.05) is 0 Å². The van der Waals surface area contributed by atoms with E-state index >= 15 is 0 Å². The van der Waals surface area contributed by atoms with Crippen LogP contribution >= 0.6 is 11.6 Å². The first kappa shape index (κ1) is 15.0. The molecule has 0 heterocycles. The van der Waals surface area contributed by atoms with Gasteiger partial charge in [0.2, 0.25) is 0 Å². The normalized spacial score (nSPS) is 13.3. The third-order valence-electron chi connectivity index (χ3n) is 2.38. The zero-order valence-corrected chi connectivity index (χ0v) is 11.5. The third-order valence-corrected chi connectivity index (χ3v) is 3.07. The zero-order valence-electron chi connectivity index (χ0n) is 10.8. The Bertz CT molecular complexity index is 179. The number of halogens is 1. The summed E-state index contributed by atoms with van der Waals surface area (Å²) >= 11 is 6.07. The molecule has 0 N–H and O–H groups in total. The molecular formula is C13H26ClN. The predicted molar refractivity (Wildman–Crippen MR) is 71.0 cm³/mol. The zero-order chi connectivity index (χ0) is 11.7. The van der Waals surface area contributed by atoms with Crippen molar-refractivity contribution in [2.24, 2.45) is 10.4 Å². The fourth-order valence-corrected chi connectivity index (χ4v) is 1.39. The van der Waals surface area contributed by atoms with Crippen molar-refractivity contribution >= 4 is 16.8 Å². The smallest absolute Gasteiger partial charge is 0.106 e. The highest BCUT2D eigenvalue weighted by Gasteiger charge is 2.15. The van der Waals surface area contributed by atoms with Gasteiger partial charge in [0.05, 0.1) is 0 Å². The molecule has 0 amide bonds. The number of nitrogens with zero attached hydrogens (tertiary/aromatic N) is 1. The minimum Gasteiger partial charge on any atom is -0.277 e. The molecule has 0 saturated carbocycles. The summed E-state index contributed by atoms with van der Waals surface area (Å²) in [6, 6.07) is 0. The van der Waals surface area contributed by atoms with Crippen molar-refractivity contribution in [3.05, 3.63) is 0 Å². The fourth-order valence-electron chi connectivity index (χ4n) is 1.31. The van der Waals surface area contributed by atoms with E-state index in [-0.39, 0.29) is 5.41 Å². The van der Waals surface area contributed by atoms with E-state index in [4.69, 9.17) is 11.6 Å². The van der Waals surface area contributed by atoms with Crippen LogP contribution in [-0.2, 0) is 0 Å². The molecule has 0 fully saturated rings. The maximum atomic E-state index is 6.07. The Morgan fingerprint density at radius 2 is 1.53 bits per heavy atom. The second-order valence-corrected chi connectivity index (χ2v) is 5.55. The average Bonchev–Trinajstić information content (AvgIpc) is 2.14. The summed E-state index contributed by atoms with van der Waals surface area (Å²) in [6.45, 7) is 9.43. The van der Waals surface area contributed by atoms with Crippen molar-refractivity contribution in [3.8, 4) is 0 Å². The molecule has 1 nitrogen and oxygen atoms in total. The molecule has 0 atom stereocenters. The van der Waals surface area contributed by atoms with Gasteiger partial charge in [-0.1, -0.05) is 71.4 Å². The number of unbranched alkanes of at least 4 members (excludes halogenated alkanes) is 5. The first-order chi connectivity index (χ1) is 6.98. The van der Waals surface area contributed by atoms with E-state index in [9.17, 15) is 0 Å². The topological polar surface area (TPSA) is 12.4 Å². The summed E-state index contributed by atoms with van der Waals surface area (Å²) in [6.07, 6.45) is 7.86. The number of hydrogen-bond donors (Lipinski definition) is 0. The minimum atomic E-state index is 0.0176. The maximum absolute atomic E-state index is 6.07. The maximum Gasteiger partial charge on any atom is 0.106 e. The molecule has 15 heavy (non-hydrogen) atoms. The van der Waals surface area contributed by atoms with Crippen LogP contribution in [-0.4, -0.2) is 11.7 Å². The molecule has 0 aliphatic rings. The second kappa shape index (κ2) is 8.15. The van der Waals surface area contributed by atoms with Crippen molar-refractivity contribution in [1.82, 2.24) is 0 Å². The summed E-state index contributed by atoms with van der Waals surface area (Å²) in [5.41, 5.74) is 0.0176. The monoisotopic (exact) mass is 231 g/mol. The van der Waals surface area contributed by atoms with Crippen LogP contribution in [0.4, 0.5) is 0 Å². The molecule has 0 radical (unpaired) electrons. The summed E-state index contributed by atoms with van der Waals surface area (Å²) in [4.78, 5) is 4.40. The molecule has 0 saturated heterocycles. The van der Waals surface area contributed by atoms with Gasteiger partial charge in [0.25, 0.3) is 0 Å². The number of rotatable bonds is 7. The molecule has 90 valence electrons. The first-order valence-corrected chi connectivity index (χ1v) is 6.56. The van der Waals surface area contributed by atoms with E-state index < -0.39 is 0 Å². The highest BCUT2D eigenvalue weighted by atomic mass is 35.5. The minimum absolute atomic E-state index is 0.0176. The lowest BCUT2D eigenvalue weighted by Gasteiger charge is -2.15. The van der Waals surface area contributed by atoms with Crippen molar-refractivity contribution in [2.45, 2.75) is 66.2 Å². The molecule has 0 rings (SSSR count). The summed E-state index contributed by atoms with van der Waals surface area (Å²) in [5.74, 6) is 0. The Morgan fingerprint density at radius 1 is 1.00 bits per heavy atom. The van der Waals surface area contributed by atoms with Gasteiger partial charge in [-0.2, -0.15) is 0 Å². The van der Waals surface area contributed by atoms with Gasteiger partial charge in [-0.05, 0) is 6.42 Å². The molecule has 0 aromatic rings. The van der Waals surface area contributed by atoms with Gasteiger partial charge in [-0.25, -0.2) is 0 Å². The van der Waals surface area contributed by atoms with E-state index in [1.165, 1.54) is 38.5 Å². The summed E-state index contributed by atoms with van der Waals surface area (Å²) in [5, 5.41) is 0.760. The van der Waals surface area contributed by atoms with Gasteiger partial charge in [-0.3, -0.25) is 4.99 Å². The molecule has 0 spiro atoms. The lowest BCUT2D eigenvalue weighted by Crippen LogP contribution is -2.14. The van der Waals surface area contributed by atoms with Crippen LogP contribution in [0, 0.1) is 5.41 Å².